The molecule has 0 radical (unpaired) electrons. The van der Waals surface area contributed by atoms with Crippen LogP contribution in [0.5, 0.6) is 0 Å². The molecule has 8 aromatic carbocycles. The van der Waals surface area contributed by atoms with Crippen molar-refractivity contribution in [2.75, 3.05) is 0 Å². The largest absolute Gasteiger partial charge is 0.417 e. The standard InChI is InChI=1S/C55H28F15N3/c1-28-10-15-34(42(20-28)53(62,63)64)29-12-19-48-40(21-29)38-7-3-5-9-46(38)73(48)50-23-31(27-71)49(26-41(50)36-17-14-33(52(59,60)61)25-44(36)55(68,69)70)72-45-8-4-2-6-37(45)39-22-30(11-18-47(39)72)35-16-13-32(51(56,57)58)24-43(35)54(65,66)67/h2-26H,1H3. The molecule has 18 heteroatoms. The number of nitrogens with zero attached hydrogens (tertiary/aromatic N) is 3. The summed E-state index contributed by atoms with van der Waals surface area (Å²) in [6.07, 6.45) is -25.8. The number of rotatable bonds is 5. The molecule has 0 bridgehead atoms. The zero-order valence-electron chi connectivity index (χ0n) is 36.9. The van der Waals surface area contributed by atoms with E-state index in [1.54, 1.807) is 42.5 Å². The molecule has 0 saturated heterocycles. The fraction of sp³-hybridized carbons (Fsp3) is 0.109. The molecule has 73 heavy (non-hydrogen) atoms. The van der Waals surface area contributed by atoms with Crippen LogP contribution in [-0.2, 0) is 30.9 Å². The third-order valence-corrected chi connectivity index (χ3v) is 12.8. The smallest absolute Gasteiger partial charge is 0.309 e. The van der Waals surface area contributed by atoms with Crippen molar-refractivity contribution < 1.29 is 65.9 Å². The molecule has 10 aromatic rings. The van der Waals surface area contributed by atoms with Crippen LogP contribution in [0.15, 0.2) is 152 Å². The second-order valence-electron chi connectivity index (χ2n) is 17.2. The molecule has 2 aromatic heterocycles. The molecule has 0 saturated carbocycles. The Morgan fingerprint density at radius 3 is 1.23 bits per heavy atom. The SMILES string of the molecule is Cc1ccc(-c2ccc3c(c2)c2ccccc2n3-c2cc(C#N)c(-n3c4ccccc4c4cc(-c5ccc(C(F)(F)F)cc5C(F)(F)F)ccc43)cc2-c2ccc(C(F)(F)F)cc2C(F)(F)F)c(C(F)(F)F)c1. The number of benzene rings is 8. The average molecular weight is 1020 g/mol. The first-order chi connectivity index (χ1) is 34.2. The lowest BCUT2D eigenvalue weighted by Crippen LogP contribution is -2.13. The lowest BCUT2D eigenvalue weighted by Gasteiger charge is -2.22. The van der Waals surface area contributed by atoms with Gasteiger partial charge in [0.15, 0.2) is 0 Å². The minimum absolute atomic E-state index is 0.00859. The van der Waals surface area contributed by atoms with Crippen LogP contribution in [0.25, 0.3) is 88.4 Å². The molecule has 368 valence electrons. The van der Waals surface area contributed by atoms with Gasteiger partial charge in [0.05, 0.1) is 66.8 Å². The van der Waals surface area contributed by atoms with Gasteiger partial charge in [-0.1, -0.05) is 78.4 Å². The molecular formula is C55H28F15N3. The van der Waals surface area contributed by atoms with Gasteiger partial charge in [0, 0.05) is 27.1 Å². The van der Waals surface area contributed by atoms with Gasteiger partial charge in [0.25, 0.3) is 0 Å². The fourth-order valence-corrected chi connectivity index (χ4v) is 9.59. The van der Waals surface area contributed by atoms with Gasteiger partial charge >= 0.3 is 30.9 Å². The lowest BCUT2D eigenvalue weighted by molar-refractivity contribution is -0.144. The normalized spacial score (nSPS) is 12.9. The first-order valence-electron chi connectivity index (χ1n) is 21.6. The van der Waals surface area contributed by atoms with E-state index in [0.717, 1.165) is 6.07 Å². The molecule has 0 atom stereocenters. The number of hydrogen-bond acceptors (Lipinski definition) is 1. The highest BCUT2D eigenvalue weighted by atomic mass is 19.4. The van der Waals surface area contributed by atoms with Gasteiger partial charge in [-0.05, 0) is 114 Å². The zero-order chi connectivity index (χ0) is 52.3. The Balaban J connectivity index is 1.28. The van der Waals surface area contributed by atoms with E-state index >= 15 is 13.2 Å². The number of fused-ring (bicyclic) bond motifs is 6. The quantitative estimate of drug-likeness (QED) is 0.158. The number of hydrogen-bond donors (Lipinski definition) is 0. The maximum Gasteiger partial charge on any atom is 0.417 e. The Hall–Kier alpha value is -8.20. The fourth-order valence-electron chi connectivity index (χ4n) is 9.59. The molecule has 0 aliphatic carbocycles. The molecule has 0 fully saturated rings. The number of para-hydroxylation sites is 2. The summed E-state index contributed by atoms with van der Waals surface area (Å²) in [5, 5.41) is 12.2. The highest BCUT2D eigenvalue weighted by Crippen LogP contribution is 2.48. The van der Waals surface area contributed by atoms with Crippen LogP contribution in [-0.4, -0.2) is 9.13 Å². The van der Waals surface area contributed by atoms with E-state index in [0.29, 0.717) is 46.0 Å². The predicted molar refractivity (Wildman–Crippen MR) is 246 cm³/mol. The predicted octanol–water partition coefficient (Wildman–Crippen LogP) is 18.2. The summed E-state index contributed by atoms with van der Waals surface area (Å²) < 4.78 is 219. The van der Waals surface area contributed by atoms with Crippen molar-refractivity contribution in [1.82, 2.24) is 9.13 Å². The summed E-state index contributed by atoms with van der Waals surface area (Å²) >= 11 is 0. The highest BCUT2D eigenvalue weighted by Gasteiger charge is 2.41. The van der Waals surface area contributed by atoms with Crippen molar-refractivity contribution in [2.45, 2.75) is 37.8 Å². The molecule has 2 heterocycles. The second kappa shape index (κ2) is 16.7. The van der Waals surface area contributed by atoms with E-state index in [9.17, 15) is 57.9 Å². The minimum Gasteiger partial charge on any atom is -0.309 e. The first-order valence-corrected chi connectivity index (χ1v) is 21.6. The Morgan fingerprint density at radius 1 is 0.356 bits per heavy atom. The molecule has 0 aliphatic rings. The van der Waals surface area contributed by atoms with E-state index in [-0.39, 0.29) is 78.8 Å². The van der Waals surface area contributed by atoms with Crippen LogP contribution >= 0.6 is 0 Å². The van der Waals surface area contributed by atoms with Crippen LogP contribution in [0.4, 0.5) is 65.9 Å². The molecule has 3 nitrogen and oxygen atoms in total. The summed E-state index contributed by atoms with van der Waals surface area (Å²) in [5.74, 6) is 0. The number of halogens is 15. The van der Waals surface area contributed by atoms with Crippen molar-refractivity contribution in [1.29, 1.82) is 5.26 Å². The highest BCUT2D eigenvalue weighted by molar-refractivity contribution is 6.12. The molecule has 0 N–H and O–H groups in total. The maximum absolute atomic E-state index is 15.3. The van der Waals surface area contributed by atoms with Crippen LogP contribution in [0.2, 0.25) is 0 Å². The third kappa shape index (κ3) is 8.35. The Labute approximate surface area is 402 Å². The molecule has 0 spiro atoms. The van der Waals surface area contributed by atoms with Gasteiger partial charge in [0.2, 0.25) is 0 Å². The van der Waals surface area contributed by atoms with Gasteiger partial charge in [-0.2, -0.15) is 71.1 Å². The summed E-state index contributed by atoms with van der Waals surface area (Å²) in [6, 6.07) is 31.1. The number of aromatic nitrogens is 2. The van der Waals surface area contributed by atoms with Crippen molar-refractivity contribution in [3.05, 3.63) is 191 Å². The van der Waals surface area contributed by atoms with Gasteiger partial charge in [0.1, 0.15) is 6.07 Å². The number of nitriles is 1. The van der Waals surface area contributed by atoms with Crippen LogP contribution in [0, 0.1) is 18.3 Å². The van der Waals surface area contributed by atoms with E-state index < -0.39 is 69.8 Å². The summed E-state index contributed by atoms with van der Waals surface area (Å²) in [5.41, 5.74) is -8.68. The summed E-state index contributed by atoms with van der Waals surface area (Å²) in [6.45, 7) is 1.50. The Kier molecular flexibility index (Phi) is 11.1. The molecule has 0 unspecified atom stereocenters. The molecular weight excluding hydrogens is 988 g/mol. The van der Waals surface area contributed by atoms with E-state index in [1.807, 2.05) is 0 Å². The monoisotopic (exact) mass is 1020 g/mol. The topological polar surface area (TPSA) is 33.6 Å². The van der Waals surface area contributed by atoms with Crippen molar-refractivity contribution >= 4 is 43.6 Å². The van der Waals surface area contributed by atoms with Crippen molar-refractivity contribution in [3.63, 3.8) is 0 Å². The van der Waals surface area contributed by atoms with Crippen molar-refractivity contribution in [2.24, 2.45) is 0 Å². The number of alkyl halides is 15. The second-order valence-corrected chi connectivity index (χ2v) is 17.2. The summed E-state index contributed by atoms with van der Waals surface area (Å²) in [7, 11) is 0. The van der Waals surface area contributed by atoms with E-state index in [2.05, 4.69) is 6.07 Å². The maximum atomic E-state index is 15.3. The van der Waals surface area contributed by atoms with Crippen molar-refractivity contribution in [3.8, 4) is 50.8 Å². The number of aryl methyl sites for hydroxylation is 1. The molecule has 0 aliphatic heterocycles. The van der Waals surface area contributed by atoms with E-state index in [1.165, 1.54) is 82.8 Å². The lowest BCUT2D eigenvalue weighted by atomic mass is 9.93. The van der Waals surface area contributed by atoms with Crippen LogP contribution < -0.4 is 0 Å². The van der Waals surface area contributed by atoms with Gasteiger partial charge in [-0.15, -0.1) is 0 Å². The van der Waals surface area contributed by atoms with Crippen LogP contribution in [0.1, 0.15) is 38.9 Å². The first kappa shape index (κ1) is 48.4. The molecule has 10 rings (SSSR count). The average Bonchev–Trinajstić information content (AvgIpc) is 3.84. The third-order valence-electron chi connectivity index (χ3n) is 12.8. The van der Waals surface area contributed by atoms with E-state index in [4.69, 9.17) is 0 Å². The van der Waals surface area contributed by atoms with Gasteiger partial charge in [-0.25, -0.2) is 0 Å². The Bertz CT molecular complexity index is 3930. The molecule has 0 amide bonds. The Morgan fingerprint density at radius 2 is 0.767 bits per heavy atom. The van der Waals surface area contributed by atoms with Gasteiger partial charge in [-0.3, -0.25) is 0 Å². The van der Waals surface area contributed by atoms with Crippen LogP contribution in [0.3, 0.4) is 0 Å². The minimum atomic E-state index is -5.43. The van der Waals surface area contributed by atoms with Gasteiger partial charge < -0.3 is 9.13 Å². The summed E-state index contributed by atoms with van der Waals surface area (Å²) in [4.78, 5) is 0. The zero-order valence-corrected chi connectivity index (χ0v) is 36.9.